The van der Waals surface area contributed by atoms with Crippen LogP contribution in [0.15, 0.2) is 34.7 Å². The van der Waals surface area contributed by atoms with Crippen molar-refractivity contribution in [3.63, 3.8) is 0 Å². The molecule has 80 valence electrons. The Morgan fingerprint density at radius 3 is 2.94 bits per heavy atom. The van der Waals surface area contributed by atoms with Crippen LogP contribution in [0.25, 0.3) is 11.3 Å². The fraction of sp³-hybridized carbons (Fsp3) is 0.154. The number of nitrogens with one attached hydrogen (secondary N) is 1. The first-order valence-electron chi connectivity index (χ1n) is 5.25. The van der Waals surface area contributed by atoms with Crippen molar-refractivity contribution < 1.29 is 9.21 Å². The van der Waals surface area contributed by atoms with Gasteiger partial charge in [0, 0.05) is 18.7 Å². The lowest BCUT2D eigenvalue weighted by atomic mass is 10.0. The van der Waals surface area contributed by atoms with Crippen molar-refractivity contribution in [3.8, 4) is 11.3 Å². The number of benzene rings is 1. The molecule has 1 aliphatic rings. The molecule has 1 aromatic heterocycles. The third-order valence-corrected chi connectivity index (χ3v) is 2.90. The first kappa shape index (κ1) is 9.36. The predicted octanol–water partition coefficient (Wildman–Crippen LogP) is 2.36. The zero-order chi connectivity index (χ0) is 11.0. The van der Waals surface area contributed by atoms with Gasteiger partial charge in [-0.25, -0.2) is 0 Å². The second-order valence-corrected chi connectivity index (χ2v) is 3.87. The van der Waals surface area contributed by atoms with Crippen LogP contribution < -0.4 is 5.32 Å². The molecule has 2 heterocycles. The Labute approximate surface area is 93.1 Å². The molecule has 1 N–H and O–H groups in total. The molecule has 0 saturated carbocycles. The minimum atomic E-state index is 0.374. The highest BCUT2D eigenvalue weighted by Gasteiger charge is 2.16. The van der Waals surface area contributed by atoms with Crippen molar-refractivity contribution in [1.29, 1.82) is 0 Å². The molecule has 1 aliphatic heterocycles. The van der Waals surface area contributed by atoms with Gasteiger partial charge in [-0.3, -0.25) is 4.79 Å². The smallest absolute Gasteiger partial charge is 0.185 e. The molecule has 1 aromatic carbocycles. The summed E-state index contributed by atoms with van der Waals surface area (Å²) in [4.78, 5) is 10.6. The summed E-state index contributed by atoms with van der Waals surface area (Å²) < 4.78 is 5.45. The first-order chi connectivity index (χ1) is 7.88. The molecule has 3 heteroatoms. The number of hydrogen-bond donors (Lipinski definition) is 1. The zero-order valence-electron chi connectivity index (χ0n) is 8.69. The van der Waals surface area contributed by atoms with E-state index in [1.807, 2.05) is 18.2 Å². The SMILES string of the molecule is O=Cc1ccc(-c2cccc3c2CNC3)o1. The number of rotatable bonds is 2. The van der Waals surface area contributed by atoms with Gasteiger partial charge in [0.25, 0.3) is 0 Å². The van der Waals surface area contributed by atoms with E-state index >= 15 is 0 Å². The Kier molecular flexibility index (Phi) is 2.11. The highest BCUT2D eigenvalue weighted by atomic mass is 16.3. The fourth-order valence-corrected chi connectivity index (χ4v) is 2.12. The van der Waals surface area contributed by atoms with Crippen LogP contribution in [-0.4, -0.2) is 6.29 Å². The molecule has 0 saturated heterocycles. The predicted molar refractivity (Wildman–Crippen MR) is 60.1 cm³/mol. The summed E-state index contributed by atoms with van der Waals surface area (Å²) in [5.74, 6) is 1.14. The summed E-state index contributed by atoms with van der Waals surface area (Å²) in [6.07, 6.45) is 0.727. The van der Waals surface area contributed by atoms with Gasteiger partial charge in [-0.05, 0) is 23.3 Å². The molecular formula is C13H11NO2. The monoisotopic (exact) mass is 213 g/mol. The third kappa shape index (κ3) is 1.37. The lowest BCUT2D eigenvalue weighted by Gasteiger charge is -2.04. The van der Waals surface area contributed by atoms with E-state index in [1.54, 1.807) is 6.07 Å². The highest BCUT2D eigenvalue weighted by Crippen LogP contribution is 2.30. The molecule has 0 radical (unpaired) electrons. The van der Waals surface area contributed by atoms with Crippen molar-refractivity contribution in [2.75, 3.05) is 0 Å². The van der Waals surface area contributed by atoms with E-state index in [9.17, 15) is 4.79 Å². The zero-order valence-corrected chi connectivity index (χ0v) is 8.69. The van der Waals surface area contributed by atoms with Crippen LogP contribution in [0.1, 0.15) is 21.7 Å². The summed E-state index contributed by atoms with van der Waals surface area (Å²) in [5.41, 5.74) is 3.66. The molecular weight excluding hydrogens is 202 g/mol. The van der Waals surface area contributed by atoms with Gasteiger partial charge >= 0.3 is 0 Å². The lowest BCUT2D eigenvalue weighted by molar-refractivity contribution is 0.110. The Hall–Kier alpha value is -1.87. The largest absolute Gasteiger partial charge is 0.453 e. The van der Waals surface area contributed by atoms with Crippen molar-refractivity contribution in [1.82, 2.24) is 5.32 Å². The lowest BCUT2D eigenvalue weighted by Crippen LogP contribution is -2.00. The fourth-order valence-electron chi connectivity index (χ4n) is 2.12. The number of furan rings is 1. The first-order valence-corrected chi connectivity index (χ1v) is 5.25. The van der Waals surface area contributed by atoms with Gasteiger partial charge in [0.1, 0.15) is 5.76 Å². The molecule has 0 unspecified atom stereocenters. The summed E-state index contributed by atoms with van der Waals surface area (Å²) in [6.45, 7) is 1.77. The summed E-state index contributed by atoms with van der Waals surface area (Å²) in [6, 6.07) is 9.70. The molecule has 3 rings (SSSR count). The molecule has 3 nitrogen and oxygen atoms in total. The molecule has 16 heavy (non-hydrogen) atoms. The van der Waals surface area contributed by atoms with Crippen LogP contribution in [-0.2, 0) is 13.1 Å². The van der Waals surface area contributed by atoms with E-state index in [0.717, 1.165) is 30.7 Å². The van der Waals surface area contributed by atoms with Gasteiger partial charge < -0.3 is 9.73 Å². The average molecular weight is 213 g/mol. The Bertz CT molecular complexity index is 543. The van der Waals surface area contributed by atoms with E-state index < -0.39 is 0 Å². The van der Waals surface area contributed by atoms with E-state index in [1.165, 1.54) is 11.1 Å². The van der Waals surface area contributed by atoms with E-state index in [-0.39, 0.29) is 0 Å². The summed E-state index contributed by atoms with van der Waals surface area (Å²) in [5, 5.41) is 3.31. The Balaban J connectivity index is 2.13. The van der Waals surface area contributed by atoms with Crippen LogP contribution in [0, 0.1) is 0 Å². The number of carbonyl (C=O) groups is 1. The van der Waals surface area contributed by atoms with Crippen LogP contribution in [0.5, 0.6) is 0 Å². The maximum atomic E-state index is 10.6. The van der Waals surface area contributed by atoms with E-state index in [4.69, 9.17) is 4.42 Å². The van der Waals surface area contributed by atoms with Gasteiger partial charge in [-0.15, -0.1) is 0 Å². The molecule has 0 atom stereocenters. The van der Waals surface area contributed by atoms with Gasteiger partial charge in [-0.1, -0.05) is 18.2 Å². The number of hydrogen-bond acceptors (Lipinski definition) is 3. The Morgan fingerprint density at radius 1 is 1.19 bits per heavy atom. The normalized spacial score (nSPS) is 13.8. The molecule has 2 aromatic rings. The van der Waals surface area contributed by atoms with Crippen LogP contribution in [0.2, 0.25) is 0 Å². The van der Waals surface area contributed by atoms with E-state index in [0.29, 0.717) is 5.76 Å². The van der Waals surface area contributed by atoms with Crippen molar-refractivity contribution in [3.05, 3.63) is 47.2 Å². The molecule has 0 spiro atoms. The van der Waals surface area contributed by atoms with Gasteiger partial charge in [0.2, 0.25) is 0 Å². The van der Waals surface area contributed by atoms with Gasteiger partial charge in [0.15, 0.2) is 12.0 Å². The molecule has 0 fully saturated rings. The number of carbonyl (C=O) groups excluding carboxylic acids is 1. The minimum absolute atomic E-state index is 0.374. The molecule has 0 amide bonds. The van der Waals surface area contributed by atoms with Crippen molar-refractivity contribution in [2.45, 2.75) is 13.1 Å². The third-order valence-electron chi connectivity index (χ3n) is 2.90. The maximum Gasteiger partial charge on any atom is 0.185 e. The summed E-state index contributed by atoms with van der Waals surface area (Å²) in [7, 11) is 0. The van der Waals surface area contributed by atoms with Crippen LogP contribution in [0.3, 0.4) is 0 Å². The second kappa shape index (κ2) is 3.61. The van der Waals surface area contributed by atoms with Gasteiger partial charge in [-0.2, -0.15) is 0 Å². The van der Waals surface area contributed by atoms with Crippen LogP contribution >= 0.6 is 0 Å². The number of fused-ring (bicyclic) bond motifs is 1. The molecule has 0 aliphatic carbocycles. The number of aldehydes is 1. The minimum Gasteiger partial charge on any atom is -0.453 e. The quantitative estimate of drug-likeness (QED) is 0.779. The van der Waals surface area contributed by atoms with Crippen molar-refractivity contribution in [2.24, 2.45) is 0 Å². The Morgan fingerprint density at radius 2 is 2.12 bits per heavy atom. The van der Waals surface area contributed by atoms with E-state index in [2.05, 4.69) is 11.4 Å². The highest BCUT2D eigenvalue weighted by molar-refractivity contribution is 5.74. The van der Waals surface area contributed by atoms with Crippen LogP contribution in [0.4, 0.5) is 0 Å². The van der Waals surface area contributed by atoms with Gasteiger partial charge in [0.05, 0.1) is 0 Å². The topological polar surface area (TPSA) is 42.2 Å². The molecule has 0 bridgehead atoms. The second-order valence-electron chi connectivity index (χ2n) is 3.87. The van der Waals surface area contributed by atoms with Crippen molar-refractivity contribution >= 4 is 6.29 Å². The standard InChI is InChI=1S/C13H11NO2/c15-8-10-4-5-13(16-10)11-3-1-2-9-6-14-7-12(9)11/h1-5,8,14H,6-7H2. The summed E-state index contributed by atoms with van der Waals surface area (Å²) >= 11 is 0. The maximum absolute atomic E-state index is 10.6. The average Bonchev–Trinajstić information content (AvgIpc) is 2.97.